The molecule has 0 spiro atoms. The minimum absolute atomic E-state index is 0.131. The molecule has 0 aliphatic carbocycles. The Balaban J connectivity index is 3.47. The molecule has 0 rings (SSSR count). The molecule has 0 radical (unpaired) electrons. The van der Waals surface area contributed by atoms with E-state index in [0.717, 1.165) is 6.92 Å². The van der Waals surface area contributed by atoms with Gasteiger partial charge in [0.1, 0.15) is 0 Å². The molecule has 4 heteroatoms. The Morgan fingerprint density at radius 1 is 1.23 bits per heavy atom. The molecule has 13 heavy (non-hydrogen) atoms. The summed E-state index contributed by atoms with van der Waals surface area (Å²) in [5, 5.41) is 0. The molecule has 0 saturated heterocycles. The lowest BCUT2D eigenvalue weighted by Gasteiger charge is -2.23. The van der Waals surface area contributed by atoms with Crippen molar-refractivity contribution in [2.24, 2.45) is 5.73 Å². The lowest BCUT2D eigenvalue weighted by Crippen LogP contribution is -2.34. The van der Waals surface area contributed by atoms with Crippen molar-refractivity contribution >= 4 is 0 Å². The van der Waals surface area contributed by atoms with Crippen molar-refractivity contribution in [2.45, 2.75) is 45.1 Å². The fourth-order valence-electron chi connectivity index (χ4n) is 0.790. The van der Waals surface area contributed by atoms with Gasteiger partial charge in [0.25, 0.3) is 0 Å². The molecule has 2 N–H and O–H groups in total. The molecule has 0 fully saturated rings. The first-order valence-corrected chi connectivity index (χ1v) is 4.49. The fourth-order valence-corrected chi connectivity index (χ4v) is 0.790. The Labute approximate surface area is 78.4 Å². The van der Waals surface area contributed by atoms with Crippen LogP contribution in [0.4, 0.5) is 8.78 Å². The maximum atomic E-state index is 12.3. The third-order valence-corrected chi connectivity index (χ3v) is 1.74. The van der Waals surface area contributed by atoms with Gasteiger partial charge in [-0.15, -0.1) is 0 Å². The minimum atomic E-state index is -2.59. The second kappa shape index (κ2) is 4.86. The van der Waals surface area contributed by atoms with Crippen LogP contribution in [-0.2, 0) is 4.74 Å². The molecule has 0 amide bonds. The number of hydrogen-bond acceptors (Lipinski definition) is 2. The van der Waals surface area contributed by atoms with Gasteiger partial charge in [0.05, 0.1) is 5.60 Å². The molecule has 0 bridgehead atoms. The standard InChI is InChI=1S/C9H19F2NO/c1-8(2,7-12)13-6-4-5-9(3,10)11/h4-7,12H2,1-3H3. The summed E-state index contributed by atoms with van der Waals surface area (Å²) in [6, 6.07) is 0. The van der Waals surface area contributed by atoms with Crippen molar-refractivity contribution in [3.8, 4) is 0 Å². The summed E-state index contributed by atoms with van der Waals surface area (Å²) in [5.74, 6) is -2.59. The molecule has 0 saturated carbocycles. The Hall–Kier alpha value is -0.220. The zero-order chi connectivity index (χ0) is 10.5. The zero-order valence-corrected chi connectivity index (χ0v) is 8.57. The average molecular weight is 195 g/mol. The molecule has 0 aromatic carbocycles. The maximum absolute atomic E-state index is 12.3. The number of rotatable bonds is 6. The predicted octanol–water partition coefficient (Wildman–Crippen LogP) is 2.18. The number of ether oxygens (including phenoxy) is 1. The zero-order valence-electron chi connectivity index (χ0n) is 8.57. The van der Waals surface area contributed by atoms with E-state index in [1.165, 1.54) is 0 Å². The van der Waals surface area contributed by atoms with Crippen molar-refractivity contribution in [1.29, 1.82) is 0 Å². The Kier molecular flexibility index (Phi) is 4.78. The highest BCUT2D eigenvalue weighted by molar-refractivity contribution is 4.69. The molecule has 80 valence electrons. The van der Waals surface area contributed by atoms with Crippen molar-refractivity contribution in [3.05, 3.63) is 0 Å². The van der Waals surface area contributed by atoms with E-state index in [4.69, 9.17) is 10.5 Å². The lowest BCUT2D eigenvalue weighted by atomic mass is 10.1. The van der Waals surface area contributed by atoms with Gasteiger partial charge < -0.3 is 10.5 Å². The number of nitrogens with two attached hydrogens (primary N) is 1. The van der Waals surface area contributed by atoms with E-state index >= 15 is 0 Å². The summed E-state index contributed by atoms with van der Waals surface area (Å²) in [4.78, 5) is 0. The van der Waals surface area contributed by atoms with E-state index in [9.17, 15) is 8.78 Å². The second-order valence-electron chi connectivity index (χ2n) is 3.99. The smallest absolute Gasteiger partial charge is 0.245 e. The Bertz CT molecular complexity index is 143. The molecule has 0 heterocycles. The van der Waals surface area contributed by atoms with Gasteiger partial charge in [-0.1, -0.05) is 0 Å². The highest BCUT2D eigenvalue weighted by Gasteiger charge is 2.21. The topological polar surface area (TPSA) is 35.2 Å². The van der Waals surface area contributed by atoms with E-state index < -0.39 is 11.5 Å². The summed E-state index contributed by atoms with van der Waals surface area (Å²) < 4.78 is 30.0. The van der Waals surface area contributed by atoms with E-state index in [2.05, 4.69) is 0 Å². The molecule has 0 aromatic rings. The monoisotopic (exact) mass is 195 g/mol. The van der Waals surface area contributed by atoms with Crippen LogP contribution in [0.3, 0.4) is 0 Å². The summed E-state index contributed by atoms with van der Waals surface area (Å²) in [7, 11) is 0. The summed E-state index contributed by atoms with van der Waals surface area (Å²) in [5.41, 5.74) is 5.00. The van der Waals surface area contributed by atoms with Crippen LogP contribution in [0.25, 0.3) is 0 Å². The van der Waals surface area contributed by atoms with Crippen LogP contribution in [-0.4, -0.2) is 24.7 Å². The summed E-state index contributed by atoms with van der Waals surface area (Å²) >= 11 is 0. The van der Waals surface area contributed by atoms with E-state index in [1.54, 1.807) is 0 Å². The molecule has 0 aliphatic heterocycles. The minimum Gasteiger partial charge on any atom is -0.374 e. The van der Waals surface area contributed by atoms with Crippen LogP contribution in [0, 0.1) is 0 Å². The molecule has 0 aromatic heterocycles. The highest BCUT2D eigenvalue weighted by Crippen LogP contribution is 2.19. The van der Waals surface area contributed by atoms with Crippen molar-refractivity contribution in [3.63, 3.8) is 0 Å². The molecule has 0 atom stereocenters. The van der Waals surface area contributed by atoms with Gasteiger partial charge in [-0.2, -0.15) is 0 Å². The highest BCUT2D eigenvalue weighted by atomic mass is 19.3. The molecule has 0 aliphatic rings. The molecule has 0 unspecified atom stereocenters. The second-order valence-corrected chi connectivity index (χ2v) is 3.99. The normalized spacial score (nSPS) is 13.4. The first kappa shape index (κ1) is 12.8. The first-order chi connectivity index (χ1) is 5.77. The first-order valence-electron chi connectivity index (χ1n) is 4.49. The van der Waals surface area contributed by atoms with E-state index in [0.29, 0.717) is 19.6 Å². The summed E-state index contributed by atoms with van der Waals surface area (Å²) in [6.07, 6.45) is 0.237. The van der Waals surface area contributed by atoms with E-state index in [1.807, 2.05) is 13.8 Å². The molecular weight excluding hydrogens is 176 g/mol. The molecular formula is C9H19F2NO. The van der Waals surface area contributed by atoms with Gasteiger partial charge in [0.15, 0.2) is 0 Å². The van der Waals surface area contributed by atoms with Gasteiger partial charge in [-0.05, 0) is 27.2 Å². The van der Waals surface area contributed by atoms with Gasteiger partial charge in [0.2, 0.25) is 5.92 Å². The van der Waals surface area contributed by atoms with E-state index in [-0.39, 0.29) is 6.42 Å². The van der Waals surface area contributed by atoms with Crippen LogP contribution in [0.5, 0.6) is 0 Å². The van der Waals surface area contributed by atoms with Gasteiger partial charge >= 0.3 is 0 Å². The largest absolute Gasteiger partial charge is 0.374 e. The third-order valence-electron chi connectivity index (χ3n) is 1.74. The van der Waals surface area contributed by atoms with Gasteiger partial charge in [0, 0.05) is 19.6 Å². The predicted molar refractivity (Wildman–Crippen MR) is 48.9 cm³/mol. The molecule has 2 nitrogen and oxygen atoms in total. The lowest BCUT2D eigenvalue weighted by molar-refractivity contribution is -0.0338. The SMILES string of the molecule is CC(F)(F)CCCOC(C)(C)CN. The number of hydrogen-bond donors (Lipinski definition) is 1. The number of alkyl halides is 2. The van der Waals surface area contributed by atoms with Crippen molar-refractivity contribution < 1.29 is 13.5 Å². The van der Waals surface area contributed by atoms with Gasteiger partial charge in [-0.3, -0.25) is 0 Å². The van der Waals surface area contributed by atoms with Crippen LogP contribution >= 0.6 is 0 Å². The Morgan fingerprint density at radius 2 is 1.77 bits per heavy atom. The van der Waals surface area contributed by atoms with Crippen LogP contribution < -0.4 is 5.73 Å². The fraction of sp³-hybridized carbons (Fsp3) is 1.00. The number of halogens is 2. The van der Waals surface area contributed by atoms with Crippen molar-refractivity contribution in [2.75, 3.05) is 13.2 Å². The Morgan fingerprint density at radius 3 is 2.15 bits per heavy atom. The summed E-state index contributed by atoms with van der Waals surface area (Å²) in [6.45, 7) is 5.35. The van der Waals surface area contributed by atoms with Crippen LogP contribution in [0.1, 0.15) is 33.6 Å². The van der Waals surface area contributed by atoms with Crippen LogP contribution in [0.15, 0.2) is 0 Å². The van der Waals surface area contributed by atoms with Gasteiger partial charge in [-0.25, -0.2) is 8.78 Å². The quantitative estimate of drug-likeness (QED) is 0.659. The maximum Gasteiger partial charge on any atom is 0.245 e. The third kappa shape index (κ3) is 8.12. The van der Waals surface area contributed by atoms with Crippen LogP contribution in [0.2, 0.25) is 0 Å². The average Bonchev–Trinajstić information content (AvgIpc) is 1.97. The van der Waals surface area contributed by atoms with Crippen molar-refractivity contribution in [1.82, 2.24) is 0 Å².